The molecule has 4 nitrogen and oxygen atoms in total. The van der Waals surface area contributed by atoms with Gasteiger partial charge in [0, 0.05) is 41.9 Å². The van der Waals surface area contributed by atoms with E-state index >= 15 is 0 Å². The minimum Gasteiger partial charge on any atom is -0.336 e. The molecular weight excluding hydrogens is 312 g/mol. The molecule has 0 N–H and O–H groups in total. The van der Waals surface area contributed by atoms with Crippen LogP contribution in [0.3, 0.4) is 0 Å². The van der Waals surface area contributed by atoms with E-state index in [1.165, 1.54) is 0 Å². The van der Waals surface area contributed by atoms with Gasteiger partial charge in [0.1, 0.15) is 0 Å². The number of rotatable bonds is 1. The quantitative estimate of drug-likeness (QED) is 0.687. The minimum absolute atomic E-state index is 0.0124. The fourth-order valence-electron chi connectivity index (χ4n) is 3.91. The van der Waals surface area contributed by atoms with Crippen molar-refractivity contribution in [2.24, 2.45) is 0 Å². The maximum Gasteiger partial charge on any atom is 0.253 e. The fourth-order valence-corrected chi connectivity index (χ4v) is 3.91. The van der Waals surface area contributed by atoms with E-state index in [0.29, 0.717) is 36.3 Å². The van der Waals surface area contributed by atoms with Gasteiger partial charge in [0.15, 0.2) is 5.78 Å². The number of hydrogen-bond acceptors (Lipinski definition) is 3. The zero-order valence-corrected chi connectivity index (χ0v) is 14.8. The Morgan fingerprint density at radius 1 is 0.920 bits per heavy atom. The highest BCUT2D eigenvalue weighted by molar-refractivity contribution is 6.22. The number of nitrogens with zero attached hydrogens (tertiary/aromatic N) is 2. The van der Waals surface area contributed by atoms with Crippen molar-refractivity contribution in [1.82, 2.24) is 9.80 Å². The smallest absolute Gasteiger partial charge is 0.253 e. The minimum atomic E-state index is 0.0124. The first kappa shape index (κ1) is 16.0. The summed E-state index contributed by atoms with van der Waals surface area (Å²) in [5.74, 6) is 0.0266. The van der Waals surface area contributed by atoms with Gasteiger partial charge in [-0.25, -0.2) is 0 Å². The average Bonchev–Trinajstić information content (AvgIpc) is 2.91. The molecule has 2 aliphatic rings. The van der Waals surface area contributed by atoms with Crippen LogP contribution in [0.1, 0.15) is 40.1 Å². The van der Waals surface area contributed by atoms with Crippen LogP contribution in [0.15, 0.2) is 42.5 Å². The summed E-state index contributed by atoms with van der Waals surface area (Å²) in [6.07, 6.45) is 0. The molecule has 128 valence electrons. The van der Waals surface area contributed by atoms with Gasteiger partial charge in [0.25, 0.3) is 5.91 Å². The van der Waals surface area contributed by atoms with Gasteiger partial charge < -0.3 is 4.90 Å². The van der Waals surface area contributed by atoms with Crippen LogP contribution in [0, 0.1) is 0 Å². The second-order valence-electron chi connectivity index (χ2n) is 7.21. The zero-order chi connectivity index (χ0) is 17.7. The summed E-state index contributed by atoms with van der Waals surface area (Å²) >= 11 is 0. The van der Waals surface area contributed by atoms with Crippen molar-refractivity contribution in [1.29, 1.82) is 0 Å². The second-order valence-corrected chi connectivity index (χ2v) is 7.21. The lowest BCUT2D eigenvalue weighted by Crippen LogP contribution is -2.56. The van der Waals surface area contributed by atoms with Crippen LogP contribution in [-0.4, -0.2) is 53.7 Å². The molecular formula is C21H22N2O2. The molecule has 2 atom stereocenters. The predicted molar refractivity (Wildman–Crippen MR) is 97.9 cm³/mol. The lowest BCUT2D eigenvalue weighted by molar-refractivity contribution is 0.0414. The molecule has 0 spiro atoms. The van der Waals surface area contributed by atoms with Crippen molar-refractivity contribution in [2.45, 2.75) is 25.9 Å². The Hall–Kier alpha value is -2.46. The first-order chi connectivity index (χ1) is 12.0. The monoisotopic (exact) mass is 334 g/mol. The van der Waals surface area contributed by atoms with Crippen molar-refractivity contribution in [3.63, 3.8) is 0 Å². The van der Waals surface area contributed by atoms with E-state index in [0.717, 1.165) is 16.7 Å². The molecule has 1 aliphatic carbocycles. The third kappa shape index (κ3) is 2.48. The number of carbonyl (C=O) groups is 2. The first-order valence-corrected chi connectivity index (χ1v) is 8.76. The molecule has 0 aromatic heterocycles. The molecule has 2 aromatic carbocycles. The van der Waals surface area contributed by atoms with Gasteiger partial charge in [-0.1, -0.05) is 30.3 Å². The molecule has 0 bridgehead atoms. The Bertz CT molecular complexity index is 862. The van der Waals surface area contributed by atoms with Gasteiger partial charge in [0.05, 0.1) is 0 Å². The Morgan fingerprint density at radius 3 is 2.20 bits per heavy atom. The van der Waals surface area contributed by atoms with Crippen LogP contribution in [0.25, 0.3) is 11.1 Å². The molecule has 1 amide bonds. The SMILES string of the molecule is C[C@@H]1CN(C(=O)c2ccc3c(c2)C(=O)c2ccccc2-3)C[C@@H](C)N1C. The standard InChI is InChI=1S/C21H22N2O2/c1-13-11-23(12-14(2)22(13)3)21(25)15-8-9-17-16-6-4-5-7-18(16)20(24)19(17)10-15/h4-10,13-14H,11-12H2,1-3H3/t13-,14-/m1/s1. The molecule has 4 heteroatoms. The van der Waals surface area contributed by atoms with Gasteiger partial charge in [-0.3, -0.25) is 14.5 Å². The highest BCUT2D eigenvalue weighted by atomic mass is 16.2. The normalized spacial score (nSPS) is 22.7. The molecule has 0 unspecified atom stereocenters. The van der Waals surface area contributed by atoms with Gasteiger partial charge in [-0.2, -0.15) is 0 Å². The molecule has 4 rings (SSSR count). The van der Waals surface area contributed by atoms with Crippen molar-refractivity contribution in [3.8, 4) is 11.1 Å². The van der Waals surface area contributed by atoms with E-state index in [4.69, 9.17) is 0 Å². The van der Waals surface area contributed by atoms with Crippen molar-refractivity contribution in [2.75, 3.05) is 20.1 Å². The fraction of sp³-hybridized carbons (Fsp3) is 0.333. The number of likely N-dealkylation sites (N-methyl/N-ethyl adjacent to an activating group) is 1. The largest absolute Gasteiger partial charge is 0.336 e. The third-order valence-electron chi connectivity index (χ3n) is 5.62. The van der Waals surface area contributed by atoms with Gasteiger partial charge in [0.2, 0.25) is 0 Å². The van der Waals surface area contributed by atoms with Crippen LogP contribution in [0.4, 0.5) is 0 Å². The Balaban J connectivity index is 1.65. The topological polar surface area (TPSA) is 40.6 Å². The molecule has 2 aromatic rings. The van der Waals surface area contributed by atoms with Gasteiger partial charge in [-0.05, 0) is 44.2 Å². The number of benzene rings is 2. The van der Waals surface area contributed by atoms with Crippen molar-refractivity contribution in [3.05, 3.63) is 59.2 Å². The molecule has 0 radical (unpaired) electrons. The van der Waals surface area contributed by atoms with Gasteiger partial charge in [-0.15, -0.1) is 0 Å². The average molecular weight is 334 g/mol. The molecule has 25 heavy (non-hydrogen) atoms. The lowest BCUT2D eigenvalue weighted by Gasteiger charge is -2.42. The van der Waals surface area contributed by atoms with Gasteiger partial charge >= 0.3 is 0 Å². The lowest BCUT2D eigenvalue weighted by atomic mass is 10.0. The van der Waals surface area contributed by atoms with E-state index < -0.39 is 0 Å². The summed E-state index contributed by atoms with van der Waals surface area (Å²) in [5, 5.41) is 0. The van der Waals surface area contributed by atoms with Crippen LogP contribution in [-0.2, 0) is 0 Å². The summed E-state index contributed by atoms with van der Waals surface area (Å²) in [7, 11) is 2.10. The molecule has 1 saturated heterocycles. The number of piperazine rings is 1. The maximum atomic E-state index is 13.0. The predicted octanol–water partition coefficient (Wildman–Crippen LogP) is 3.06. The second kappa shape index (κ2) is 5.81. The van der Waals surface area contributed by atoms with Crippen LogP contribution in [0.5, 0.6) is 0 Å². The van der Waals surface area contributed by atoms with E-state index in [-0.39, 0.29) is 11.7 Å². The van der Waals surface area contributed by atoms with Crippen LogP contribution in [0.2, 0.25) is 0 Å². The van der Waals surface area contributed by atoms with E-state index in [1.54, 1.807) is 6.07 Å². The highest BCUT2D eigenvalue weighted by Gasteiger charge is 2.31. The van der Waals surface area contributed by atoms with Crippen molar-refractivity contribution >= 4 is 11.7 Å². The Labute approximate surface area is 148 Å². The first-order valence-electron chi connectivity index (χ1n) is 8.76. The summed E-state index contributed by atoms with van der Waals surface area (Å²) < 4.78 is 0. The molecule has 1 heterocycles. The zero-order valence-electron chi connectivity index (χ0n) is 14.8. The maximum absolute atomic E-state index is 13.0. The Morgan fingerprint density at radius 2 is 1.52 bits per heavy atom. The molecule has 0 saturated carbocycles. The molecule has 1 aliphatic heterocycles. The number of ketones is 1. The van der Waals surface area contributed by atoms with E-state index in [2.05, 4.69) is 25.8 Å². The number of hydrogen-bond donors (Lipinski definition) is 0. The highest BCUT2D eigenvalue weighted by Crippen LogP contribution is 2.36. The van der Waals surface area contributed by atoms with Crippen LogP contribution < -0.4 is 0 Å². The van der Waals surface area contributed by atoms with Crippen molar-refractivity contribution < 1.29 is 9.59 Å². The number of carbonyl (C=O) groups excluding carboxylic acids is 2. The van der Waals surface area contributed by atoms with E-state index in [9.17, 15) is 9.59 Å². The Kier molecular flexibility index (Phi) is 3.73. The third-order valence-corrected chi connectivity index (χ3v) is 5.62. The summed E-state index contributed by atoms with van der Waals surface area (Å²) in [6.45, 7) is 5.70. The van der Waals surface area contributed by atoms with E-state index in [1.807, 2.05) is 41.3 Å². The molecule has 1 fully saturated rings. The van der Waals surface area contributed by atoms with Crippen LogP contribution >= 0.6 is 0 Å². The summed E-state index contributed by atoms with van der Waals surface area (Å²) in [6, 6.07) is 13.8. The summed E-state index contributed by atoms with van der Waals surface area (Å²) in [5.41, 5.74) is 3.86. The summed E-state index contributed by atoms with van der Waals surface area (Å²) in [4.78, 5) is 29.8. The number of fused-ring (bicyclic) bond motifs is 3. The number of amides is 1.